The van der Waals surface area contributed by atoms with Crippen molar-refractivity contribution in [2.24, 2.45) is 0 Å². The molecule has 0 aliphatic carbocycles. The molecule has 0 aromatic carbocycles. The molecule has 1 nitrogen and oxygen atoms in total. The number of rotatable bonds is 6. The number of thiophene rings is 1. The average Bonchev–Trinajstić information content (AvgIpc) is 2.54. The summed E-state index contributed by atoms with van der Waals surface area (Å²) in [7, 11) is 0. The van der Waals surface area contributed by atoms with Crippen LogP contribution < -0.4 is 5.32 Å². The zero-order valence-corrected chi connectivity index (χ0v) is 12.2. The molecule has 0 aliphatic heterocycles. The van der Waals surface area contributed by atoms with Crippen LogP contribution in [0.3, 0.4) is 0 Å². The molecule has 0 aliphatic rings. The minimum Gasteiger partial charge on any atom is -0.309 e. The van der Waals surface area contributed by atoms with Crippen LogP contribution in [0.15, 0.2) is 9.85 Å². The molecule has 86 valence electrons. The van der Waals surface area contributed by atoms with E-state index >= 15 is 0 Å². The van der Waals surface area contributed by atoms with E-state index in [2.05, 4.69) is 48.1 Å². The molecule has 1 N–H and O–H groups in total. The summed E-state index contributed by atoms with van der Waals surface area (Å²) in [6, 6.07) is 2.85. The maximum atomic E-state index is 3.62. The summed E-state index contributed by atoms with van der Waals surface area (Å²) in [4.78, 5) is 1.47. The van der Waals surface area contributed by atoms with Crippen LogP contribution in [0.25, 0.3) is 0 Å². The number of nitrogens with one attached hydrogen (secondary N) is 1. The van der Waals surface area contributed by atoms with E-state index in [9.17, 15) is 0 Å². The van der Waals surface area contributed by atoms with Gasteiger partial charge in [0, 0.05) is 10.9 Å². The lowest BCUT2D eigenvalue weighted by molar-refractivity contribution is 0.500. The lowest BCUT2D eigenvalue weighted by Crippen LogP contribution is -2.21. The van der Waals surface area contributed by atoms with E-state index in [0.717, 1.165) is 6.54 Å². The topological polar surface area (TPSA) is 12.0 Å². The quantitative estimate of drug-likeness (QED) is 0.803. The monoisotopic (exact) mass is 289 g/mol. The fourth-order valence-corrected chi connectivity index (χ4v) is 3.29. The van der Waals surface area contributed by atoms with Crippen molar-refractivity contribution in [3.05, 3.63) is 20.3 Å². The van der Waals surface area contributed by atoms with Crippen LogP contribution in [0.5, 0.6) is 0 Å². The number of hydrogen-bond acceptors (Lipinski definition) is 2. The van der Waals surface area contributed by atoms with E-state index in [0.29, 0.717) is 6.04 Å². The lowest BCUT2D eigenvalue weighted by Gasteiger charge is -2.15. The number of aryl methyl sites for hydroxylation is 1. The van der Waals surface area contributed by atoms with E-state index in [4.69, 9.17) is 0 Å². The Labute approximate surface area is 105 Å². The van der Waals surface area contributed by atoms with Gasteiger partial charge in [-0.3, -0.25) is 0 Å². The van der Waals surface area contributed by atoms with Crippen LogP contribution in [0.2, 0.25) is 0 Å². The molecular weight excluding hydrogens is 270 g/mol. The molecule has 0 amide bonds. The van der Waals surface area contributed by atoms with Crippen molar-refractivity contribution in [3.8, 4) is 0 Å². The highest BCUT2D eigenvalue weighted by atomic mass is 79.9. The Morgan fingerprint density at radius 3 is 2.60 bits per heavy atom. The summed E-state index contributed by atoms with van der Waals surface area (Å²) >= 11 is 5.46. The Kier molecular flexibility index (Phi) is 5.87. The highest BCUT2D eigenvalue weighted by Gasteiger charge is 2.13. The van der Waals surface area contributed by atoms with E-state index < -0.39 is 0 Å². The molecule has 1 aromatic rings. The second-order valence-electron chi connectivity index (χ2n) is 3.90. The third-order valence-corrected chi connectivity index (χ3v) is 4.69. The summed E-state index contributed by atoms with van der Waals surface area (Å²) < 4.78 is 1.27. The van der Waals surface area contributed by atoms with Gasteiger partial charge in [-0.1, -0.05) is 20.3 Å². The van der Waals surface area contributed by atoms with Gasteiger partial charge in [0.15, 0.2) is 0 Å². The molecule has 3 heteroatoms. The third kappa shape index (κ3) is 3.89. The van der Waals surface area contributed by atoms with Crippen molar-refractivity contribution in [2.45, 2.75) is 46.1 Å². The van der Waals surface area contributed by atoms with E-state index in [1.165, 1.54) is 33.5 Å². The Hall–Kier alpha value is 0.140. The standard InChI is InChI=1S/C12H20BrNS/c1-4-6-10(14-7-5-2)11-8-9(3)12(13)15-11/h8,10,14H,4-7H2,1-3H3. The van der Waals surface area contributed by atoms with Gasteiger partial charge < -0.3 is 5.32 Å². The van der Waals surface area contributed by atoms with E-state index in [1.54, 1.807) is 0 Å². The predicted molar refractivity (Wildman–Crippen MR) is 72.7 cm³/mol. The molecule has 0 saturated heterocycles. The van der Waals surface area contributed by atoms with Crippen LogP contribution in [0.1, 0.15) is 49.6 Å². The van der Waals surface area contributed by atoms with Crippen molar-refractivity contribution in [3.63, 3.8) is 0 Å². The Morgan fingerprint density at radius 1 is 1.40 bits per heavy atom. The van der Waals surface area contributed by atoms with Crippen molar-refractivity contribution in [2.75, 3.05) is 6.54 Å². The zero-order valence-electron chi connectivity index (χ0n) is 9.77. The molecule has 0 bridgehead atoms. The largest absolute Gasteiger partial charge is 0.309 e. The van der Waals surface area contributed by atoms with Crippen molar-refractivity contribution in [1.29, 1.82) is 0 Å². The first-order chi connectivity index (χ1) is 7.19. The molecule has 0 spiro atoms. The third-order valence-electron chi connectivity index (χ3n) is 2.44. The maximum Gasteiger partial charge on any atom is 0.0731 e. The average molecular weight is 290 g/mol. The SMILES string of the molecule is CCCNC(CCC)c1cc(C)c(Br)s1. The normalized spacial score (nSPS) is 13.1. The smallest absolute Gasteiger partial charge is 0.0731 e. The number of halogens is 1. The molecule has 0 radical (unpaired) electrons. The van der Waals surface area contributed by atoms with Crippen LogP contribution >= 0.6 is 27.3 Å². The molecule has 15 heavy (non-hydrogen) atoms. The Morgan fingerprint density at radius 2 is 2.13 bits per heavy atom. The lowest BCUT2D eigenvalue weighted by atomic mass is 10.1. The van der Waals surface area contributed by atoms with Crippen LogP contribution in [0, 0.1) is 6.92 Å². The fraction of sp³-hybridized carbons (Fsp3) is 0.667. The van der Waals surface area contributed by atoms with Gasteiger partial charge >= 0.3 is 0 Å². The van der Waals surface area contributed by atoms with Crippen molar-refractivity contribution < 1.29 is 0 Å². The van der Waals surface area contributed by atoms with Crippen LogP contribution in [-0.4, -0.2) is 6.54 Å². The van der Waals surface area contributed by atoms with Gasteiger partial charge in [0.1, 0.15) is 0 Å². The summed E-state index contributed by atoms with van der Waals surface area (Å²) in [6.45, 7) is 7.73. The molecule has 1 heterocycles. The first kappa shape index (κ1) is 13.2. The second-order valence-corrected chi connectivity index (χ2v) is 6.30. The first-order valence-corrected chi connectivity index (χ1v) is 7.29. The van der Waals surface area contributed by atoms with Gasteiger partial charge in [0.2, 0.25) is 0 Å². The van der Waals surface area contributed by atoms with Gasteiger partial charge in [-0.2, -0.15) is 0 Å². The molecule has 1 aromatic heterocycles. The van der Waals surface area contributed by atoms with Crippen molar-refractivity contribution in [1.82, 2.24) is 5.32 Å². The van der Waals surface area contributed by atoms with Gasteiger partial charge in [-0.15, -0.1) is 11.3 Å². The summed E-state index contributed by atoms with van der Waals surface area (Å²) in [5, 5.41) is 3.62. The van der Waals surface area contributed by atoms with Gasteiger partial charge in [0.05, 0.1) is 3.79 Å². The molecule has 0 fully saturated rings. The highest BCUT2D eigenvalue weighted by Crippen LogP contribution is 2.33. The van der Waals surface area contributed by atoms with Crippen molar-refractivity contribution >= 4 is 27.3 Å². The van der Waals surface area contributed by atoms with Crippen LogP contribution in [0.4, 0.5) is 0 Å². The molecule has 1 unspecified atom stereocenters. The summed E-state index contributed by atoms with van der Waals surface area (Å²) in [6.07, 6.45) is 3.66. The Balaban J connectivity index is 2.69. The van der Waals surface area contributed by atoms with E-state index in [1.807, 2.05) is 11.3 Å². The fourth-order valence-electron chi connectivity index (χ4n) is 1.61. The molecule has 1 rings (SSSR count). The molecule has 0 saturated carbocycles. The summed E-state index contributed by atoms with van der Waals surface area (Å²) in [5.74, 6) is 0. The minimum absolute atomic E-state index is 0.546. The van der Waals surface area contributed by atoms with E-state index in [-0.39, 0.29) is 0 Å². The molecule has 1 atom stereocenters. The van der Waals surface area contributed by atoms with Gasteiger partial charge in [0.25, 0.3) is 0 Å². The predicted octanol–water partition coefficient (Wildman–Crippen LogP) is 4.66. The highest BCUT2D eigenvalue weighted by molar-refractivity contribution is 9.11. The van der Waals surface area contributed by atoms with Crippen LogP contribution in [-0.2, 0) is 0 Å². The zero-order chi connectivity index (χ0) is 11.3. The summed E-state index contributed by atoms with van der Waals surface area (Å²) in [5.41, 5.74) is 1.36. The minimum atomic E-state index is 0.546. The molecular formula is C12H20BrNS. The maximum absolute atomic E-state index is 3.62. The first-order valence-electron chi connectivity index (χ1n) is 5.68. The second kappa shape index (κ2) is 6.66. The van der Waals surface area contributed by atoms with Gasteiger partial charge in [-0.25, -0.2) is 0 Å². The Bertz CT molecular complexity index is 276. The van der Waals surface area contributed by atoms with Gasteiger partial charge in [-0.05, 0) is 53.9 Å². The number of hydrogen-bond donors (Lipinski definition) is 1.